The Bertz CT molecular complexity index is 880. The molecule has 146 valence electrons. The highest BCUT2D eigenvalue weighted by Crippen LogP contribution is 2.26. The summed E-state index contributed by atoms with van der Waals surface area (Å²) in [6.45, 7) is 0. The molecule has 0 fully saturated rings. The van der Waals surface area contributed by atoms with Gasteiger partial charge in [0.2, 0.25) is 10.0 Å². The van der Waals surface area contributed by atoms with Gasteiger partial charge in [-0.3, -0.25) is 4.79 Å². The maximum atomic E-state index is 14.7. The van der Waals surface area contributed by atoms with E-state index in [1.807, 2.05) is 5.48 Å². The average molecular weight is 417 g/mol. The van der Waals surface area contributed by atoms with Gasteiger partial charge in [0.1, 0.15) is 5.75 Å². The standard InChI is InChI=1S/C17H18ClFN2O5S/c1-21(2)27(23,24)17(15(19)25-14-11-7-6-10-13(14)18)26-20-16(22)12-8-4-3-5-9-12/h3-11,15,17H,1-2H3,(H,20,22). The van der Waals surface area contributed by atoms with Crippen LogP contribution in [0.4, 0.5) is 4.39 Å². The quantitative estimate of drug-likeness (QED) is 0.668. The van der Waals surface area contributed by atoms with Gasteiger partial charge < -0.3 is 4.74 Å². The predicted molar refractivity (Wildman–Crippen MR) is 98.4 cm³/mol. The van der Waals surface area contributed by atoms with Crippen LogP contribution in [0.3, 0.4) is 0 Å². The molecule has 0 aliphatic carbocycles. The minimum Gasteiger partial charge on any atom is -0.455 e. The summed E-state index contributed by atoms with van der Waals surface area (Å²) >= 11 is 5.90. The Labute approximate surface area is 161 Å². The van der Waals surface area contributed by atoms with Crippen molar-refractivity contribution in [3.8, 4) is 5.75 Å². The lowest BCUT2D eigenvalue weighted by Gasteiger charge is -2.24. The maximum Gasteiger partial charge on any atom is 0.282 e. The summed E-state index contributed by atoms with van der Waals surface area (Å²) in [5.41, 5.74) is -0.00330. The van der Waals surface area contributed by atoms with Crippen LogP contribution in [0.5, 0.6) is 5.75 Å². The molecule has 0 bridgehead atoms. The molecule has 0 aliphatic rings. The second-order valence-corrected chi connectivity index (χ2v) is 8.14. The molecule has 1 N–H and O–H groups in total. The van der Waals surface area contributed by atoms with Gasteiger partial charge in [-0.15, -0.1) is 0 Å². The van der Waals surface area contributed by atoms with Gasteiger partial charge in [-0.25, -0.2) is 23.0 Å². The fourth-order valence-electron chi connectivity index (χ4n) is 1.93. The second-order valence-electron chi connectivity index (χ2n) is 5.51. The molecule has 0 saturated heterocycles. The number of hydroxylamine groups is 1. The van der Waals surface area contributed by atoms with Crippen LogP contribution in [0, 0.1) is 0 Å². The number of halogens is 2. The Morgan fingerprint density at radius 2 is 1.70 bits per heavy atom. The Morgan fingerprint density at radius 3 is 2.30 bits per heavy atom. The number of sulfonamides is 1. The molecular formula is C17H18ClFN2O5S. The van der Waals surface area contributed by atoms with Crippen molar-refractivity contribution in [1.82, 2.24) is 9.79 Å². The fourth-order valence-corrected chi connectivity index (χ4v) is 3.03. The lowest BCUT2D eigenvalue weighted by atomic mass is 10.2. The topological polar surface area (TPSA) is 84.9 Å². The van der Waals surface area contributed by atoms with Crippen molar-refractivity contribution in [2.24, 2.45) is 0 Å². The average Bonchev–Trinajstić information content (AvgIpc) is 2.64. The smallest absolute Gasteiger partial charge is 0.282 e. The number of rotatable bonds is 8. The molecule has 0 aliphatic heterocycles. The van der Waals surface area contributed by atoms with Crippen LogP contribution in [0.2, 0.25) is 5.02 Å². The molecule has 10 heteroatoms. The molecule has 7 nitrogen and oxygen atoms in total. The van der Waals surface area contributed by atoms with Crippen LogP contribution in [0.1, 0.15) is 10.4 Å². The molecule has 0 aromatic heterocycles. The SMILES string of the molecule is CN(C)S(=O)(=O)C(ONC(=O)c1ccccc1)C(F)Oc1ccccc1Cl. The number of nitrogens with one attached hydrogen (secondary N) is 1. The third kappa shape index (κ3) is 5.39. The van der Waals surface area contributed by atoms with Crippen molar-refractivity contribution in [2.45, 2.75) is 11.8 Å². The van der Waals surface area contributed by atoms with Gasteiger partial charge in [-0.1, -0.05) is 41.9 Å². The highest BCUT2D eigenvalue weighted by Gasteiger charge is 2.40. The monoisotopic (exact) mass is 416 g/mol. The van der Waals surface area contributed by atoms with Crippen molar-refractivity contribution in [3.05, 3.63) is 65.2 Å². The van der Waals surface area contributed by atoms with E-state index in [1.165, 1.54) is 38.4 Å². The van der Waals surface area contributed by atoms with E-state index in [-0.39, 0.29) is 16.3 Å². The molecule has 2 atom stereocenters. The van der Waals surface area contributed by atoms with Crippen LogP contribution >= 0.6 is 11.6 Å². The number of carbonyl (C=O) groups is 1. The Balaban J connectivity index is 2.19. The van der Waals surface area contributed by atoms with Crippen LogP contribution < -0.4 is 10.2 Å². The zero-order valence-corrected chi connectivity index (χ0v) is 16.1. The first-order chi connectivity index (χ1) is 12.7. The molecule has 1 amide bonds. The zero-order valence-electron chi connectivity index (χ0n) is 14.5. The first-order valence-corrected chi connectivity index (χ1v) is 9.59. The van der Waals surface area contributed by atoms with Crippen LogP contribution in [0.15, 0.2) is 54.6 Å². The van der Waals surface area contributed by atoms with E-state index in [9.17, 15) is 17.6 Å². The van der Waals surface area contributed by atoms with E-state index in [4.69, 9.17) is 21.2 Å². The number of alkyl halides is 1. The van der Waals surface area contributed by atoms with Crippen LogP contribution in [0.25, 0.3) is 0 Å². The minimum atomic E-state index is -4.30. The molecule has 27 heavy (non-hydrogen) atoms. The number of carbonyl (C=O) groups excluding carboxylic acids is 1. The van der Waals surface area contributed by atoms with Crippen molar-refractivity contribution >= 4 is 27.5 Å². The van der Waals surface area contributed by atoms with Crippen molar-refractivity contribution in [2.75, 3.05) is 14.1 Å². The second kappa shape index (κ2) is 9.14. The van der Waals surface area contributed by atoms with Gasteiger partial charge >= 0.3 is 0 Å². The number of nitrogens with zero attached hydrogens (tertiary/aromatic N) is 1. The Hall–Kier alpha value is -2.20. The summed E-state index contributed by atoms with van der Waals surface area (Å²) in [4.78, 5) is 16.9. The molecule has 0 radical (unpaired) electrons. The van der Waals surface area contributed by atoms with Crippen molar-refractivity contribution in [3.63, 3.8) is 0 Å². The van der Waals surface area contributed by atoms with Gasteiger partial charge in [-0.05, 0) is 24.3 Å². The Kier molecular flexibility index (Phi) is 7.14. The summed E-state index contributed by atoms with van der Waals surface area (Å²) in [7, 11) is -1.89. The minimum absolute atomic E-state index is 0.0661. The molecule has 0 saturated carbocycles. The highest BCUT2D eigenvalue weighted by atomic mass is 35.5. The van der Waals surface area contributed by atoms with Gasteiger partial charge in [0.15, 0.2) is 0 Å². The normalized spacial score (nSPS) is 13.8. The van der Waals surface area contributed by atoms with Crippen molar-refractivity contribution in [1.29, 1.82) is 0 Å². The molecule has 2 aromatic carbocycles. The molecular weight excluding hydrogens is 399 g/mol. The van der Waals surface area contributed by atoms with Gasteiger partial charge in [-0.2, -0.15) is 4.39 Å². The molecule has 0 spiro atoms. The lowest BCUT2D eigenvalue weighted by molar-refractivity contribution is -0.0755. The summed E-state index contributed by atoms with van der Waals surface area (Å²) in [5, 5.41) is 0.0921. The number of amides is 1. The molecule has 2 aromatic rings. The van der Waals surface area contributed by atoms with E-state index >= 15 is 0 Å². The molecule has 2 rings (SSSR count). The van der Waals surface area contributed by atoms with Crippen LogP contribution in [-0.4, -0.2) is 44.5 Å². The highest BCUT2D eigenvalue weighted by molar-refractivity contribution is 7.89. The van der Waals surface area contributed by atoms with Gasteiger partial charge in [0, 0.05) is 19.7 Å². The number of hydrogen-bond donors (Lipinski definition) is 1. The van der Waals surface area contributed by atoms with Gasteiger partial charge in [0.05, 0.1) is 5.02 Å². The van der Waals surface area contributed by atoms with E-state index < -0.39 is 27.7 Å². The zero-order chi connectivity index (χ0) is 20.0. The number of para-hydroxylation sites is 1. The third-order valence-corrected chi connectivity index (χ3v) is 5.62. The number of ether oxygens (including phenoxy) is 1. The summed E-state index contributed by atoms with van der Waals surface area (Å²) < 4.78 is 45.2. The summed E-state index contributed by atoms with van der Waals surface area (Å²) in [6.07, 6.45) is -2.46. The first-order valence-electron chi connectivity index (χ1n) is 7.71. The Morgan fingerprint density at radius 1 is 1.11 bits per heavy atom. The maximum absolute atomic E-state index is 14.7. The van der Waals surface area contributed by atoms with Gasteiger partial charge in [0.25, 0.3) is 17.7 Å². The number of benzene rings is 2. The third-order valence-electron chi connectivity index (χ3n) is 3.40. The van der Waals surface area contributed by atoms with E-state index in [0.717, 1.165) is 4.31 Å². The largest absolute Gasteiger partial charge is 0.455 e. The van der Waals surface area contributed by atoms with E-state index in [0.29, 0.717) is 0 Å². The lowest BCUT2D eigenvalue weighted by Crippen LogP contribution is -2.47. The fraction of sp³-hybridized carbons (Fsp3) is 0.235. The molecule has 0 heterocycles. The molecule has 2 unspecified atom stereocenters. The number of hydrogen-bond acceptors (Lipinski definition) is 5. The van der Waals surface area contributed by atoms with Crippen molar-refractivity contribution < 1.29 is 27.2 Å². The first kappa shape index (κ1) is 21.1. The van der Waals surface area contributed by atoms with Crippen LogP contribution in [-0.2, 0) is 14.9 Å². The predicted octanol–water partition coefficient (Wildman–Crippen LogP) is 2.59. The summed E-state index contributed by atoms with van der Waals surface area (Å²) in [5.74, 6) is -0.803. The summed E-state index contributed by atoms with van der Waals surface area (Å²) in [6, 6.07) is 13.9. The van der Waals surface area contributed by atoms with E-state index in [1.54, 1.807) is 30.3 Å². The van der Waals surface area contributed by atoms with E-state index in [2.05, 4.69) is 0 Å².